The van der Waals surface area contributed by atoms with E-state index in [1.807, 2.05) is 31.2 Å². The Balaban J connectivity index is 1.67. The van der Waals surface area contributed by atoms with Gasteiger partial charge in [0.05, 0.1) is 17.9 Å². The van der Waals surface area contributed by atoms with Gasteiger partial charge in [-0.3, -0.25) is 4.79 Å². The Morgan fingerprint density at radius 3 is 2.42 bits per heavy atom. The largest absolute Gasteiger partial charge is 0.494 e. The van der Waals surface area contributed by atoms with Gasteiger partial charge >= 0.3 is 0 Å². The Bertz CT molecular complexity index is 1190. The molecule has 0 spiro atoms. The maximum Gasteiger partial charge on any atom is 0.259 e. The number of hydrogen-bond acceptors (Lipinski definition) is 6. The fourth-order valence-electron chi connectivity index (χ4n) is 2.97. The minimum atomic E-state index is -3.45. The molecular weight excluding hydrogens is 440 g/mol. The summed E-state index contributed by atoms with van der Waals surface area (Å²) in [6.45, 7) is 6.17. The molecule has 0 aliphatic rings. The second-order valence-corrected chi connectivity index (χ2v) is 8.84. The molecule has 0 aliphatic heterocycles. The van der Waals surface area contributed by atoms with Gasteiger partial charge in [-0.15, -0.1) is 6.58 Å². The Morgan fingerprint density at radius 2 is 1.76 bits per heavy atom. The molecule has 33 heavy (non-hydrogen) atoms. The van der Waals surface area contributed by atoms with Crippen LogP contribution in [-0.4, -0.2) is 32.5 Å². The minimum Gasteiger partial charge on any atom is -0.494 e. The molecule has 2 aromatic carbocycles. The number of pyridine rings is 1. The van der Waals surface area contributed by atoms with E-state index < -0.39 is 10.0 Å². The predicted octanol–water partition coefficient (Wildman–Crippen LogP) is 4.08. The number of anilines is 3. The van der Waals surface area contributed by atoms with E-state index in [4.69, 9.17) is 4.74 Å². The smallest absolute Gasteiger partial charge is 0.259 e. The first-order chi connectivity index (χ1) is 15.9. The van der Waals surface area contributed by atoms with Crippen molar-refractivity contribution < 1.29 is 17.9 Å². The number of ether oxygens (including phenoxy) is 1. The maximum absolute atomic E-state index is 12.9. The summed E-state index contributed by atoms with van der Waals surface area (Å²) in [5, 5.41) is 5.97. The SMILES string of the molecule is C=CCNS(=O)(=O)Cc1ccc(NC(=O)c2cccnc2Nc2ccc(OCC)cc2)cc1. The van der Waals surface area contributed by atoms with Crippen molar-refractivity contribution >= 4 is 33.1 Å². The highest BCUT2D eigenvalue weighted by Crippen LogP contribution is 2.22. The van der Waals surface area contributed by atoms with Crippen LogP contribution in [0.1, 0.15) is 22.8 Å². The van der Waals surface area contributed by atoms with Gasteiger partial charge in [0.2, 0.25) is 10.0 Å². The van der Waals surface area contributed by atoms with Crippen LogP contribution in [0.5, 0.6) is 5.75 Å². The Kier molecular flexibility index (Phi) is 8.17. The van der Waals surface area contributed by atoms with Gasteiger partial charge in [-0.1, -0.05) is 18.2 Å². The minimum absolute atomic E-state index is 0.159. The number of carbonyl (C=O) groups is 1. The van der Waals surface area contributed by atoms with Gasteiger partial charge in [0.1, 0.15) is 11.6 Å². The number of carbonyl (C=O) groups excluding carboxylic acids is 1. The van der Waals surface area contributed by atoms with Gasteiger partial charge in [-0.2, -0.15) is 0 Å². The van der Waals surface area contributed by atoms with E-state index >= 15 is 0 Å². The van der Waals surface area contributed by atoms with E-state index in [1.165, 1.54) is 6.08 Å². The molecule has 0 bridgehead atoms. The van der Waals surface area contributed by atoms with Crippen molar-refractivity contribution in [3.63, 3.8) is 0 Å². The molecule has 0 saturated carbocycles. The second kappa shape index (κ2) is 11.3. The first-order valence-electron chi connectivity index (χ1n) is 10.3. The van der Waals surface area contributed by atoms with E-state index in [9.17, 15) is 13.2 Å². The summed E-state index contributed by atoms with van der Waals surface area (Å²) in [6.07, 6.45) is 3.08. The monoisotopic (exact) mass is 466 g/mol. The fraction of sp³-hybridized carbons (Fsp3) is 0.167. The van der Waals surface area contributed by atoms with E-state index in [-0.39, 0.29) is 18.2 Å². The zero-order valence-corrected chi connectivity index (χ0v) is 19.1. The number of nitrogens with zero attached hydrogens (tertiary/aromatic N) is 1. The van der Waals surface area contributed by atoms with E-state index in [0.717, 1.165) is 11.4 Å². The quantitative estimate of drug-likeness (QED) is 0.367. The van der Waals surface area contributed by atoms with Crippen molar-refractivity contribution in [2.24, 2.45) is 0 Å². The molecule has 3 N–H and O–H groups in total. The number of benzene rings is 2. The summed E-state index contributed by atoms with van der Waals surface area (Å²) in [4.78, 5) is 17.2. The van der Waals surface area contributed by atoms with Crippen LogP contribution in [0.25, 0.3) is 0 Å². The summed E-state index contributed by atoms with van der Waals surface area (Å²) in [6, 6.07) is 17.4. The summed E-state index contributed by atoms with van der Waals surface area (Å²) < 4.78 is 31.9. The third kappa shape index (κ3) is 7.16. The van der Waals surface area contributed by atoms with Gasteiger partial charge in [0, 0.05) is 24.1 Å². The topological polar surface area (TPSA) is 109 Å². The highest BCUT2D eigenvalue weighted by Gasteiger charge is 2.14. The molecule has 9 heteroatoms. The molecule has 0 unspecified atom stereocenters. The number of aromatic nitrogens is 1. The van der Waals surface area contributed by atoms with Crippen molar-refractivity contribution in [2.75, 3.05) is 23.8 Å². The highest BCUT2D eigenvalue weighted by atomic mass is 32.2. The lowest BCUT2D eigenvalue weighted by Crippen LogP contribution is -2.25. The van der Waals surface area contributed by atoms with Gasteiger partial charge in [-0.05, 0) is 61.0 Å². The standard InChI is InChI=1S/C24H26N4O4S/c1-3-15-26-33(30,31)17-18-7-9-20(10-8-18)28-24(29)22-6-5-16-25-23(22)27-19-11-13-21(14-12-19)32-4-2/h3,5-14,16,26H,1,4,15,17H2,2H3,(H,25,27)(H,28,29). The second-order valence-electron chi connectivity index (χ2n) is 7.03. The van der Waals surface area contributed by atoms with E-state index in [2.05, 4.69) is 26.9 Å². The Morgan fingerprint density at radius 1 is 1.06 bits per heavy atom. The highest BCUT2D eigenvalue weighted by molar-refractivity contribution is 7.88. The van der Waals surface area contributed by atoms with Crippen LogP contribution < -0.4 is 20.1 Å². The molecule has 1 aromatic heterocycles. The summed E-state index contributed by atoms with van der Waals surface area (Å²) in [5.74, 6) is 0.669. The molecule has 172 valence electrons. The van der Waals surface area contributed by atoms with Crippen molar-refractivity contribution in [1.82, 2.24) is 9.71 Å². The molecule has 1 heterocycles. The molecule has 0 aliphatic carbocycles. The van der Waals surface area contributed by atoms with Crippen LogP contribution in [0.4, 0.5) is 17.2 Å². The normalized spacial score (nSPS) is 10.9. The molecule has 8 nitrogen and oxygen atoms in total. The average Bonchev–Trinajstić information content (AvgIpc) is 2.81. The van der Waals surface area contributed by atoms with Crippen LogP contribution in [-0.2, 0) is 15.8 Å². The molecule has 1 amide bonds. The number of amides is 1. The lowest BCUT2D eigenvalue weighted by molar-refractivity contribution is 0.102. The molecule has 3 aromatic rings. The molecule has 0 saturated heterocycles. The zero-order valence-electron chi connectivity index (χ0n) is 18.2. The summed E-state index contributed by atoms with van der Waals surface area (Å²) >= 11 is 0. The van der Waals surface area contributed by atoms with Gasteiger partial charge in [0.25, 0.3) is 5.91 Å². The van der Waals surface area contributed by atoms with Crippen LogP contribution in [0.2, 0.25) is 0 Å². The number of nitrogens with one attached hydrogen (secondary N) is 3. The van der Waals surface area contributed by atoms with Crippen molar-refractivity contribution in [3.05, 3.63) is 90.6 Å². The fourth-order valence-corrected chi connectivity index (χ4v) is 4.07. The molecule has 0 fully saturated rings. The first kappa shape index (κ1) is 24.0. The molecular formula is C24H26N4O4S. The lowest BCUT2D eigenvalue weighted by atomic mass is 10.2. The van der Waals surface area contributed by atoms with Crippen LogP contribution in [0.3, 0.4) is 0 Å². The third-order valence-corrected chi connectivity index (χ3v) is 5.82. The van der Waals surface area contributed by atoms with E-state index in [0.29, 0.717) is 29.2 Å². The van der Waals surface area contributed by atoms with Crippen LogP contribution in [0, 0.1) is 0 Å². The van der Waals surface area contributed by atoms with Crippen molar-refractivity contribution in [2.45, 2.75) is 12.7 Å². The first-order valence-corrected chi connectivity index (χ1v) is 12.0. The third-order valence-electron chi connectivity index (χ3n) is 4.50. The van der Waals surface area contributed by atoms with Crippen LogP contribution >= 0.6 is 0 Å². The predicted molar refractivity (Wildman–Crippen MR) is 130 cm³/mol. The number of hydrogen-bond donors (Lipinski definition) is 3. The van der Waals surface area contributed by atoms with Crippen LogP contribution in [0.15, 0.2) is 79.5 Å². The average molecular weight is 467 g/mol. The Labute approximate surface area is 193 Å². The van der Waals surface area contributed by atoms with Gasteiger partial charge < -0.3 is 15.4 Å². The van der Waals surface area contributed by atoms with Gasteiger partial charge in [0.15, 0.2) is 0 Å². The summed E-state index contributed by atoms with van der Waals surface area (Å²) in [5.41, 5.74) is 2.27. The van der Waals surface area contributed by atoms with Gasteiger partial charge in [-0.25, -0.2) is 18.1 Å². The number of sulfonamides is 1. The summed E-state index contributed by atoms with van der Waals surface area (Å²) in [7, 11) is -3.45. The van der Waals surface area contributed by atoms with Crippen molar-refractivity contribution in [1.29, 1.82) is 0 Å². The zero-order chi connectivity index (χ0) is 23.7. The maximum atomic E-state index is 12.9. The molecule has 3 rings (SSSR count). The van der Waals surface area contributed by atoms with E-state index in [1.54, 1.807) is 42.6 Å². The molecule has 0 atom stereocenters. The molecule has 0 radical (unpaired) electrons. The Hall–Kier alpha value is -3.69. The number of rotatable bonds is 11. The van der Waals surface area contributed by atoms with Crippen molar-refractivity contribution in [3.8, 4) is 5.75 Å². The lowest BCUT2D eigenvalue weighted by Gasteiger charge is -2.12.